The summed E-state index contributed by atoms with van der Waals surface area (Å²) >= 11 is 0. The molecule has 0 aromatic carbocycles. The minimum absolute atomic E-state index is 0.0160. The lowest BCUT2D eigenvalue weighted by Crippen LogP contribution is -2.50. The summed E-state index contributed by atoms with van der Waals surface area (Å²) in [5.74, 6) is -0.503. The molecule has 1 N–H and O–H groups in total. The molecule has 13 heavy (non-hydrogen) atoms. The average Bonchev–Trinajstić information content (AvgIpc) is 2.11. The Hall–Kier alpha value is -0.940. The van der Waals surface area contributed by atoms with Crippen LogP contribution >= 0.6 is 0 Å². The second-order valence-electron chi connectivity index (χ2n) is 3.08. The maximum absolute atomic E-state index is 11.2. The van der Waals surface area contributed by atoms with E-state index in [0.29, 0.717) is 6.54 Å². The zero-order valence-electron chi connectivity index (χ0n) is 7.87. The van der Waals surface area contributed by atoms with E-state index in [4.69, 9.17) is 4.74 Å². The number of likely N-dealkylation sites (N-methyl/N-ethyl adjacent to an activating group) is 1. The van der Waals surface area contributed by atoms with E-state index in [1.807, 2.05) is 6.92 Å². The highest BCUT2D eigenvalue weighted by Crippen LogP contribution is 2.01. The summed E-state index contributed by atoms with van der Waals surface area (Å²) in [7, 11) is 1.79. The fourth-order valence-corrected chi connectivity index (χ4v) is 1.09. The molecule has 0 saturated carbocycles. The number of morpholine rings is 1. The number of carbonyl (C=O) groups is 2. The van der Waals surface area contributed by atoms with Crippen molar-refractivity contribution in [3.05, 3.63) is 0 Å². The van der Waals surface area contributed by atoms with Crippen molar-refractivity contribution in [3.8, 4) is 0 Å². The molecular weight excluding hydrogens is 172 g/mol. The van der Waals surface area contributed by atoms with Gasteiger partial charge >= 0.3 is 0 Å². The van der Waals surface area contributed by atoms with Crippen LogP contribution in [-0.4, -0.2) is 49.6 Å². The van der Waals surface area contributed by atoms with Crippen molar-refractivity contribution < 1.29 is 14.3 Å². The molecule has 0 bridgehead atoms. The molecule has 0 radical (unpaired) electrons. The van der Waals surface area contributed by atoms with Crippen LogP contribution in [0.25, 0.3) is 0 Å². The lowest BCUT2D eigenvalue weighted by molar-refractivity contribution is -0.158. The maximum atomic E-state index is 11.2. The van der Waals surface area contributed by atoms with Gasteiger partial charge in [-0.1, -0.05) is 0 Å². The molecule has 0 aliphatic carbocycles. The Morgan fingerprint density at radius 2 is 2.00 bits per heavy atom. The first kappa shape index (κ1) is 10.1. The molecule has 1 fully saturated rings. The first-order valence-electron chi connectivity index (χ1n) is 4.23. The van der Waals surface area contributed by atoms with Gasteiger partial charge in [0, 0.05) is 12.6 Å². The molecule has 1 aliphatic heterocycles. The van der Waals surface area contributed by atoms with Crippen LogP contribution in [0.2, 0.25) is 0 Å². The highest BCUT2D eigenvalue weighted by atomic mass is 16.5. The van der Waals surface area contributed by atoms with Crippen molar-refractivity contribution in [2.24, 2.45) is 0 Å². The molecule has 1 saturated heterocycles. The molecule has 0 aromatic rings. The van der Waals surface area contributed by atoms with Gasteiger partial charge in [0.1, 0.15) is 13.2 Å². The van der Waals surface area contributed by atoms with E-state index in [1.54, 1.807) is 7.05 Å². The van der Waals surface area contributed by atoms with E-state index in [2.05, 4.69) is 5.32 Å². The number of imide groups is 1. The minimum atomic E-state index is -0.252. The number of nitrogens with zero attached hydrogens (tertiary/aromatic N) is 1. The van der Waals surface area contributed by atoms with Crippen LogP contribution in [0.4, 0.5) is 0 Å². The number of rotatable bonds is 3. The molecule has 1 rings (SSSR count). The summed E-state index contributed by atoms with van der Waals surface area (Å²) in [5.41, 5.74) is 0. The van der Waals surface area contributed by atoms with Gasteiger partial charge in [-0.05, 0) is 14.0 Å². The normalized spacial score (nSPS) is 20.6. The SMILES string of the molecule is CNC(C)CN1C(=O)COCC1=O. The lowest BCUT2D eigenvalue weighted by atomic mass is 10.3. The largest absolute Gasteiger partial charge is 0.362 e. The number of carbonyl (C=O) groups excluding carboxylic acids is 2. The molecule has 5 heteroatoms. The van der Waals surface area contributed by atoms with Crippen LogP contribution in [0.3, 0.4) is 0 Å². The third-order valence-electron chi connectivity index (χ3n) is 2.00. The van der Waals surface area contributed by atoms with E-state index < -0.39 is 0 Å². The molecule has 0 aromatic heterocycles. The number of ether oxygens (including phenoxy) is 1. The second kappa shape index (κ2) is 4.34. The van der Waals surface area contributed by atoms with Crippen molar-refractivity contribution in [3.63, 3.8) is 0 Å². The molecule has 2 amide bonds. The van der Waals surface area contributed by atoms with Gasteiger partial charge < -0.3 is 10.1 Å². The van der Waals surface area contributed by atoms with Crippen LogP contribution in [0, 0.1) is 0 Å². The van der Waals surface area contributed by atoms with Gasteiger partial charge in [0.25, 0.3) is 11.8 Å². The monoisotopic (exact) mass is 186 g/mol. The standard InChI is InChI=1S/C8H14N2O3/c1-6(9-2)3-10-7(11)4-13-5-8(10)12/h6,9H,3-5H2,1-2H3. The van der Waals surface area contributed by atoms with Gasteiger partial charge in [-0.2, -0.15) is 0 Å². The zero-order valence-corrected chi connectivity index (χ0v) is 7.87. The van der Waals surface area contributed by atoms with Crippen LogP contribution in [0.1, 0.15) is 6.92 Å². The maximum Gasteiger partial charge on any atom is 0.255 e. The number of hydrogen-bond acceptors (Lipinski definition) is 4. The molecule has 5 nitrogen and oxygen atoms in total. The Morgan fingerprint density at radius 1 is 1.46 bits per heavy atom. The lowest BCUT2D eigenvalue weighted by Gasteiger charge is -2.27. The number of hydrogen-bond donors (Lipinski definition) is 1. The summed E-state index contributed by atoms with van der Waals surface area (Å²) in [5, 5.41) is 2.97. The van der Waals surface area contributed by atoms with Crippen molar-refractivity contribution in [1.82, 2.24) is 10.2 Å². The van der Waals surface area contributed by atoms with E-state index in [9.17, 15) is 9.59 Å². The van der Waals surface area contributed by atoms with Crippen molar-refractivity contribution in [2.45, 2.75) is 13.0 Å². The predicted molar refractivity (Wildman–Crippen MR) is 46.1 cm³/mol. The predicted octanol–water partition coefficient (Wildman–Crippen LogP) is -1.02. The van der Waals surface area contributed by atoms with Gasteiger partial charge in [0.15, 0.2) is 0 Å². The third-order valence-corrected chi connectivity index (χ3v) is 2.00. The summed E-state index contributed by atoms with van der Waals surface area (Å²) in [4.78, 5) is 23.7. The molecule has 1 unspecified atom stereocenters. The minimum Gasteiger partial charge on any atom is -0.362 e. The van der Waals surface area contributed by atoms with E-state index in [1.165, 1.54) is 4.90 Å². The summed E-state index contributed by atoms with van der Waals surface area (Å²) in [6.45, 7) is 2.36. The fraction of sp³-hybridized carbons (Fsp3) is 0.750. The van der Waals surface area contributed by atoms with Crippen LogP contribution in [0.5, 0.6) is 0 Å². The summed E-state index contributed by atoms with van der Waals surface area (Å²) in [6, 6.07) is 0.117. The number of amides is 2. The second-order valence-corrected chi connectivity index (χ2v) is 3.08. The van der Waals surface area contributed by atoms with Gasteiger partial charge in [-0.3, -0.25) is 14.5 Å². The fourth-order valence-electron chi connectivity index (χ4n) is 1.09. The van der Waals surface area contributed by atoms with Gasteiger partial charge in [0.05, 0.1) is 0 Å². The number of nitrogens with one attached hydrogen (secondary N) is 1. The van der Waals surface area contributed by atoms with Crippen molar-refractivity contribution in [1.29, 1.82) is 0 Å². The van der Waals surface area contributed by atoms with Gasteiger partial charge in [-0.25, -0.2) is 0 Å². The highest BCUT2D eigenvalue weighted by Gasteiger charge is 2.27. The Bertz CT molecular complexity index is 201. The van der Waals surface area contributed by atoms with Gasteiger partial charge in [-0.15, -0.1) is 0 Å². The summed E-state index contributed by atoms with van der Waals surface area (Å²) < 4.78 is 4.78. The Kier molecular flexibility index (Phi) is 3.39. The zero-order chi connectivity index (χ0) is 9.84. The Balaban J connectivity index is 2.54. The topological polar surface area (TPSA) is 58.6 Å². The molecule has 1 heterocycles. The Labute approximate surface area is 77.0 Å². The van der Waals surface area contributed by atoms with Crippen molar-refractivity contribution >= 4 is 11.8 Å². The van der Waals surface area contributed by atoms with Crippen LogP contribution in [-0.2, 0) is 14.3 Å². The molecule has 1 aliphatic rings. The van der Waals surface area contributed by atoms with E-state index in [0.717, 1.165) is 0 Å². The first-order valence-corrected chi connectivity index (χ1v) is 4.23. The van der Waals surface area contributed by atoms with E-state index in [-0.39, 0.29) is 31.1 Å². The van der Waals surface area contributed by atoms with Gasteiger partial charge in [0.2, 0.25) is 0 Å². The average molecular weight is 186 g/mol. The smallest absolute Gasteiger partial charge is 0.255 e. The quantitative estimate of drug-likeness (QED) is 0.573. The Morgan fingerprint density at radius 3 is 2.46 bits per heavy atom. The third kappa shape index (κ3) is 2.50. The molecule has 1 atom stereocenters. The van der Waals surface area contributed by atoms with Crippen LogP contribution < -0.4 is 5.32 Å². The van der Waals surface area contributed by atoms with Crippen LogP contribution in [0.15, 0.2) is 0 Å². The van der Waals surface area contributed by atoms with Crippen molar-refractivity contribution in [2.75, 3.05) is 26.8 Å². The highest BCUT2D eigenvalue weighted by molar-refractivity contribution is 5.98. The van der Waals surface area contributed by atoms with E-state index >= 15 is 0 Å². The first-order chi connectivity index (χ1) is 6.15. The summed E-state index contributed by atoms with van der Waals surface area (Å²) in [6.07, 6.45) is 0. The molecular formula is C8H14N2O3. The molecule has 0 spiro atoms. The molecule has 74 valence electrons.